The summed E-state index contributed by atoms with van der Waals surface area (Å²) in [6.07, 6.45) is 2.22. The van der Waals surface area contributed by atoms with Gasteiger partial charge in [-0.3, -0.25) is 14.2 Å². The number of aromatic nitrogens is 2. The van der Waals surface area contributed by atoms with Crippen LogP contribution in [0.1, 0.15) is 36.8 Å². The van der Waals surface area contributed by atoms with Crippen LogP contribution in [0.15, 0.2) is 69.9 Å². The van der Waals surface area contributed by atoms with Crippen molar-refractivity contribution in [3.63, 3.8) is 0 Å². The lowest BCUT2D eigenvalue weighted by atomic mass is 10.1. The second-order valence-electron chi connectivity index (χ2n) is 7.95. The highest BCUT2D eigenvalue weighted by Crippen LogP contribution is 2.44. The molecule has 1 fully saturated rings. The van der Waals surface area contributed by atoms with Gasteiger partial charge in [-0.25, -0.2) is 4.98 Å². The summed E-state index contributed by atoms with van der Waals surface area (Å²) < 4.78 is 1.62. The normalized spacial score (nSPS) is 14.1. The van der Waals surface area contributed by atoms with Crippen LogP contribution in [-0.2, 0) is 4.79 Å². The Hall–Kier alpha value is -3.41. The number of para-hydroxylation sites is 1. The maximum absolute atomic E-state index is 13.7. The first-order valence-corrected chi connectivity index (χ1v) is 12.4. The van der Waals surface area contributed by atoms with Crippen LogP contribution in [0.4, 0.5) is 5.69 Å². The van der Waals surface area contributed by atoms with E-state index < -0.39 is 5.25 Å². The van der Waals surface area contributed by atoms with Crippen molar-refractivity contribution < 1.29 is 4.79 Å². The van der Waals surface area contributed by atoms with Crippen LogP contribution in [-0.4, -0.2) is 20.7 Å². The van der Waals surface area contributed by atoms with Crippen LogP contribution in [0.25, 0.3) is 15.9 Å². The number of hydrogen-bond acceptors (Lipinski definition) is 6. The molecule has 0 radical (unpaired) electrons. The van der Waals surface area contributed by atoms with Gasteiger partial charge in [-0.05, 0) is 73.0 Å². The van der Waals surface area contributed by atoms with Crippen LogP contribution in [0.5, 0.6) is 0 Å². The quantitative estimate of drug-likeness (QED) is 0.303. The van der Waals surface area contributed by atoms with Gasteiger partial charge in [0.05, 0.1) is 28.0 Å². The highest BCUT2D eigenvalue weighted by molar-refractivity contribution is 8.00. The number of amides is 1. The zero-order valence-corrected chi connectivity index (χ0v) is 19.5. The van der Waals surface area contributed by atoms with E-state index in [-0.39, 0.29) is 11.5 Å². The second kappa shape index (κ2) is 8.85. The maximum Gasteiger partial charge on any atom is 0.267 e. The minimum Gasteiger partial charge on any atom is -0.325 e. The molecule has 6 nitrogen and oxygen atoms in total. The van der Waals surface area contributed by atoms with Gasteiger partial charge >= 0.3 is 0 Å². The third-order valence-corrected chi connectivity index (χ3v) is 7.51. The minimum absolute atomic E-state index is 0.0865. The molecule has 1 N–H and O–H groups in total. The molecule has 0 spiro atoms. The summed E-state index contributed by atoms with van der Waals surface area (Å²) in [6, 6.07) is 18.2. The molecule has 1 saturated carbocycles. The Kier molecular flexibility index (Phi) is 5.75. The molecular weight excluding hydrogens is 452 g/mol. The average Bonchev–Trinajstić information content (AvgIpc) is 3.59. The Bertz CT molecular complexity index is 1430. The number of nitrogens with one attached hydrogen (secondary N) is 1. The molecule has 8 heteroatoms. The number of anilines is 1. The molecule has 1 aliphatic carbocycles. The number of benzene rings is 2. The molecule has 0 aliphatic heterocycles. The Labute approximate surface area is 198 Å². The average molecular weight is 473 g/mol. The fourth-order valence-corrected chi connectivity index (χ4v) is 5.64. The first-order chi connectivity index (χ1) is 16.0. The fraction of sp³-hybridized carbons (Fsp3) is 0.200. The Morgan fingerprint density at radius 1 is 1.21 bits per heavy atom. The molecule has 1 atom stereocenters. The van der Waals surface area contributed by atoms with E-state index in [2.05, 4.69) is 16.8 Å². The molecule has 1 unspecified atom stereocenters. The Balaban J connectivity index is 1.49. The first-order valence-electron chi connectivity index (χ1n) is 10.6. The lowest BCUT2D eigenvalue weighted by Crippen LogP contribution is -2.26. The van der Waals surface area contributed by atoms with Crippen molar-refractivity contribution >= 4 is 44.9 Å². The van der Waals surface area contributed by atoms with Crippen LogP contribution in [0.2, 0.25) is 0 Å². The van der Waals surface area contributed by atoms with Crippen molar-refractivity contribution in [1.29, 1.82) is 5.26 Å². The molecule has 2 heterocycles. The predicted octanol–water partition coefficient (Wildman–Crippen LogP) is 5.32. The van der Waals surface area contributed by atoms with Gasteiger partial charge in [-0.1, -0.05) is 30.0 Å². The maximum atomic E-state index is 13.7. The van der Waals surface area contributed by atoms with Gasteiger partial charge in [0.15, 0.2) is 5.16 Å². The number of rotatable bonds is 6. The number of thioether (sulfide) groups is 1. The smallest absolute Gasteiger partial charge is 0.267 e. The van der Waals surface area contributed by atoms with E-state index in [0.717, 1.165) is 28.9 Å². The number of nitriles is 1. The lowest BCUT2D eigenvalue weighted by molar-refractivity contribution is -0.115. The summed E-state index contributed by atoms with van der Waals surface area (Å²) in [6.45, 7) is 1.79. The summed E-state index contributed by atoms with van der Waals surface area (Å²) in [5.41, 5.74) is 2.88. The summed E-state index contributed by atoms with van der Waals surface area (Å²) in [5.74, 6) is 0.247. The van der Waals surface area contributed by atoms with Crippen molar-refractivity contribution in [3.05, 3.63) is 81.5 Å². The highest BCUT2D eigenvalue weighted by Gasteiger charge is 2.29. The van der Waals surface area contributed by atoms with Gasteiger partial charge in [0.25, 0.3) is 5.56 Å². The number of carbonyl (C=O) groups excluding carboxylic acids is 1. The Morgan fingerprint density at radius 3 is 2.61 bits per heavy atom. The molecule has 0 bridgehead atoms. The van der Waals surface area contributed by atoms with Crippen LogP contribution >= 0.6 is 23.1 Å². The summed E-state index contributed by atoms with van der Waals surface area (Å²) in [7, 11) is 0. The molecule has 164 valence electrons. The van der Waals surface area contributed by atoms with E-state index >= 15 is 0 Å². The minimum atomic E-state index is -0.497. The number of nitrogens with zero attached hydrogens (tertiary/aromatic N) is 3. The largest absolute Gasteiger partial charge is 0.325 e. The van der Waals surface area contributed by atoms with E-state index in [0.29, 0.717) is 27.7 Å². The van der Waals surface area contributed by atoms with Crippen LogP contribution in [0, 0.1) is 11.3 Å². The zero-order valence-electron chi connectivity index (χ0n) is 17.8. The fourth-order valence-electron chi connectivity index (χ4n) is 3.66. The van der Waals surface area contributed by atoms with E-state index in [4.69, 9.17) is 10.2 Å². The molecule has 2 aromatic carbocycles. The van der Waals surface area contributed by atoms with E-state index in [1.165, 1.54) is 23.1 Å². The van der Waals surface area contributed by atoms with Crippen LogP contribution < -0.4 is 10.9 Å². The molecule has 1 amide bonds. The highest BCUT2D eigenvalue weighted by atomic mass is 32.2. The Morgan fingerprint density at radius 2 is 1.94 bits per heavy atom. The van der Waals surface area contributed by atoms with Gasteiger partial charge in [0.2, 0.25) is 5.91 Å². The third-order valence-electron chi connectivity index (χ3n) is 5.57. The zero-order chi connectivity index (χ0) is 22.9. The van der Waals surface area contributed by atoms with Gasteiger partial charge in [-0.2, -0.15) is 5.26 Å². The second-order valence-corrected chi connectivity index (χ2v) is 10.1. The van der Waals surface area contributed by atoms with Crippen molar-refractivity contribution in [2.24, 2.45) is 0 Å². The van der Waals surface area contributed by atoms with Gasteiger partial charge < -0.3 is 5.32 Å². The predicted molar refractivity (Wildman–Crippen MR) is 132 cm³/mol. The molecule has 1 aliphatic rings. The summed E-state index contributed by atoms with van der Waals surface area (Å²) in [4.78, 5) is 32.1. The number of hydrogen-bond donors (Lipinski definition) is 1. The van der Waals surface area contributed by atoms with Gasteiger partial charge in [-0.15, -0.1) is 11.3 Å². The van der Waals surface area contributed by atoms with E-state index in [1.54, 1.807) is 35.8 Å². The SMILES string of the molecule is CC(Sc1nc2scc(C3CC3)c2c(=O)n1-c1ccccc1)C(=O)Nc1ccc(C#N)cc1. The van der Waals surface area contributed by atoms with Gasteiger partial charge in [0, 0.05) is 5.69 Å². The standard InChI is InChI=1S/C25H20N4O2S2/c1-15(22(30)27-18-11-7-16(13-26)8-12-18)33-25-28-23-21(20(14-32-23)17-9-10-17)24(31)29(25)19-5-3-2-4-6-19/h2-8,11-12,14-15,17H,9-10H2,1H3,(H,27,30). The summed E-state index contributed by atoms with van der Waals surface area (Å²) in [5, 5.41) is 14.6. The van der Waals surface area contributed by atoms with Crippen molar-refractivity contribution in [2.45, 2.75) is 36.1 Å². The molecule has 5 rings (SSSR count). The van der Waals surface area contributed by atoms with Crippen molar-refractivity contribution in [3.8, 4) is 11.8 Å². The van der Waals surface area contributed by atoms with Crippen molar-refractivity contribution in [2.75, 3.05) is 5.32 Å². The van der Waals surface area contributed by atoms with Gasteiger partial charge in [0.1, 0.15) is 4.83 Å². The number of fused-ring (bicyclic) bond motifs is 1. The number of thiophene rings is 1. The topological polar surface area (TPSA) is 87.8 Å². The molecule has 33 heavy (non-hydrogen) atoms. The molecule has 4 aromatic rings. The lowest BCUT2D eigenvalue weighted by Gasteiger charge is -2.16. The van der Waals surface area contributed by atoms with Crippen LogP contribution in [0.3, 0.4) is 0 Å². The first kappa shape index (κ1) is 21.4. The molecule has 0 saturated heterocycles. The summed E-state index contributed by atoms with van der Waals surface area (Å²) >= 11 is 2.75. The molecule has 2 aromatic heterocycles. The van der Waals surface area contributed by atoms with E-state index in [1.807, 2.05) is 30.3 Å². The molecular formula is C25H20N4O2S2. The third kappa shape index (κ3) is 4.30. The van der Waals surface area contributed by atoms with E-state index in [9.17, 15) is 9.59 Å². The number of carbonyl (C=O) groups is 1. The van der Waals surface area contributed by atoms with Crippen molar-refractivity contribution in [1.82, 2.24) is 9.55 Å². The monoisotopic (exact) mass is 472 g/mol.